The minimum absolute atomic E-state index is 0.809. The third-order valence-electron chi connectivity index (χ3n) is 1.53. The molecule has 0 fully saturated rings. The van der Waals surface area contributed by atoms with Gasteiger partial charge < -0.3 is 0 Å². The Morgan fingerprint density at radius 2 is 1.75 bits per heavy atom. The smallest absolute Gasteiger partial charge is 0.189 e. The van der Waals surface area contributed by atoms with Gasteiger partial charge in [-0.25, -0.2) is 0 Å². The fourth-order valence-electron chi connectivity index (χ4n) is 0.905. The minimum Gasteiger partial charge on any atom is -0.189 e. The molecule has 0 radical (unpaired) electrons. The van der Waals surface area contributed by atoms with Crippen LogP contribution in [0, 0.1) is 0 Å². The van der Waals surface area contributed by atoms with Gasteiger partial charge in [-0.05, 0) is 18.9 Å². The predicted octanol–water partition coefficient (Wildman–Crippen LogP) is 2.21. The molecule has 3 N–H and O–H groups in total. The molecule has 0 aliphatic heterocycles. The summed E-state index contributed by atoms with van der Waals surface area (Å²) >= 11 is 0. The van der Waals surface area contributed by atoms with Crippen molar-refractivity contribution in [1.29, 1.82) is 0 Å². The van der Waals surface area contributed by atoms with Crippen molar-refractivity contribution in [2.24, 2.45) is 0 Å². The summed E-state index contributed by atoms with van der Waals surface area (Å²) < 4.78 is 0. The van der Waals surface area contributed by atoms with Crippen molar-refractivity contribution in [3.05, 3.63) is 11.9 Å². The van der Waals surface area contributed by atoms with E-state index in [0.29, 0.717) is 0 Å². The average Bonchev–Trinajstić information content (AvgIpc) is 1.94. The molecule has 0 saturated heterocycles. The van der Waals surface area contributed by atoms with Crippen molar-refractivity contribution in [3.63, 3.8) is 0 Å². The van der Waals surface area contributed by atoms with E-state index in [1.54, 1.807) is 6.08 Å². The third-order valence-corrected chi connectivity index (χ3v) is 2.14. The molecule has 0 rings (SSSR count). The minimum atomic E-state index is -3.65. The molecule has 0 unspecified atom stereocenters. The van der Waals surface area contributed by atoms with Crippen molar-refractivity contribution >= 4 is 7.94 Å². The zero-order valence-electron chi connectivity index (χ0n) is 7.48. The summed E-state index contributed by atoms with van der Waals surface area (Å²) in [7, 11) is -3.65. The molecule has 0 saturated carbocycles. The zero-order chi connectivity index (χ0) is 9.45. The lowest BCUT2D eigenvalue weighted by molar-refractivity contribution is 0.345. The quantitative estimate of drug-likeness (QED) is 0.447. The third kappa shape index (κ3) is 10.0. The average molecular weight is 193 g/mol. The van der Waals surface area contributed by atoms with Crippen LogP contribution < -0.4 is 0 Å². The first-order valence-corrected chi connectivity index (χ1v) is 6.02. The second-order valence-corrected chi connectivity index (χ2v) is 4.38. The summed E-state index contributed by atoms with van der Waals surface area (Å²) in [6.07, 6.45) is 7.05. The van der Waals surface area contributed by atoms with E-state index in [4.69, 9.17) is 14.7 Å². The molecular weight excluding hydrogens is 175 g/mol. The van der Waals surface area contributed by atoms with Crippen molar-refractivity contribution in [1.82, 2.24) is 0 Å². The highest BCUT2D eigenvalue weighted by Gasteiger charge is 2.23. The van der Waals surface area contributed by atoms with Crippen molar-refractivity contribution in [3.8, 4) is 0 Å². The Bertz CT molecular complexity index is 129. The standard InChI is InChI=1S/C8H18O3P/c1-2-3-4-5-6-7-8-12(9,10)11/h7-11H,2-6H2,1H3/q+1. The molecule has 12 heavy (non-hydrogen) atoms. The van der Waals surface area contributed by atoms with Crippen LogP contribution in [0.2, 0.25) is 0 Å². The maximum atomic E-state index is 8.56. The van der Waals surface area contributed by atoms with Gasteiger partial charge in [-0.1, -0.05) is 26.2 Å². The van der Waals surface area contributed by atoms with Crippen LogP contribution in [0.3, 0.4) is 0 Å². The molecule has 0 aliphatic rings. The zero-order valence-corrected chi connectivity index (χ0v) is 8.37. The van der Waals surface area contributed by atoms with E-state index in [1.165, 1.54) is 12.8 Å². The molecule has 0 aromatic heterocycles. The number of allylic oxidation sites excluding steroid dienone is 1. The Morgan fingerprint density at radius 1 is 1.08 bits per heavy atom. The van der Waals surface area contributed by atoms with Gasteiger partial charge in [0.15, 0.2) is 0 Å². The lowest BCUT2D eigenvalue weighted by atomic mass is 10.2. The van der Waals surface area contributed by atoms with Crippen LogP contribution in [0.15, 0.2) is 11.9 Å². The van der Waals surface area contributed by atoms with E-state index >= 15 is 0 Å². The molecule has 0 aliphatic carbocycles. The van der Waals surface area contributed by atoms with Crippen molar-refractivity contribution in [2.75, 3.05) is 0 Å². The Balaban J connectivity index is 3.25. The molecule has 4 heteroatoms. The van der Waals surface area contributed by atoms with Crippen LogP contribution in [0.25, 0.3) is 0 Å². The number of hydrogen-bond donors (Lipinski definition) is 3. The first-order valence-electron chi connectivity index (χ1n) is 4.31. The number of rotatable bonds is 6. The second-order valence-electron chi connectivity index (χ2n) is 2.85. The van der Waals surface area contributed by atoms with Gasteiger partial charge in [0, 0.05) is 0 Å². The summed E-state index contributed by atoms with van der Waals surface area (Å²) in [5, 5.41) is 0. The maximum Gasteiger partial charge on any atom is 0.433 e. The van der Waals surface area contributed by atoms with Gasteiger partial charge in [-0.3, -0.25) is 0 Å². The molecule has 0 atom stereocenters. The van der Waals surface area contributed by atoms with Gasteiger partial charge in [0.25, 0.3) is 0 Å². The highest BCUT2D eigenvalue weighted by atomic mass is 31.2. The first-order chi connectivity index (χ1) is 5.56. The molecule has 72 valence electrons. The molecule has 0 bridgehead atoms. The van der Waals surface area contributed by atoms with Crippen LogP contribution in [0.4, 0.5) is 0 Å². The van der Waals surface area contributed by atoms with Crippen LogP contribution >= 0.6 is 7.94 Å². The topological polar surface area (TPSA) is 60.7 Å². The van der Waals surface area contributed by atoms with E-state index in [2.05, 4.69) is 6.92 Å². The van der Waals surface area contributed by atoms with Gasteiger partial charge in [0.05, 0.1) is 0 Å². The molecule has 0 spiro atoms. The van der Waals surface area contributed by atoms with Crippen LogP contribution in [0.5, 0.6) is 0 Å². The van der Waals surface area contributed by atoms with Gasteiger partial charge in [-0.2, -0.15) is 14.7 Å². The summed E-state index contributed by atoms with van der Waals surface area (Å²) in [5.74, 6) is 1.10. The van der Waals surface area contributed by atoms with Gasteiger partial charge >= 0.3 is 7.94 Å². The summed E-state index contributed by atoms with van der Waals surface area (Å²) in [5.41, 5.74) is 0. The highest BCUT2D eigenvalue weighted by Crippen LogP contribution is 2.46. The van der Waals surface area contributed by atoms with Crippen molar-refractivity contribution in [2.45, 2.75) is 39.0 Å². The fraction of sp³-hybridized carbons (Fsp3) is 0.750. The SMILES string of the molecule is CCCCCCC=C[P+](O)(O)O. The van der Waals surface area contributed by atoms with Crippen molar-refractivity contribution < 1.29 is 14.7 Å². The lowest BCUT2D eigenvalue weighted by Crippen LogP contribution is -1.80. The van der Waals surface area contributed by atoms with Crippen LogP contribution in [0.1, 0.15) is 39.0 Å². The molecule has 0 heterocycles. The monoisotopic (exact) mass is 193 g/mol. The van der Waals surface area contributed by atoms with E-state index in [1.807, 2.05) is 0 Å². The van der Waals surface area contributed by atoms with E-state index < -0.39 is 7.94 Å². The maximum absolute atomic E-state index is 8.56. The summed E-state index contributed by atoms with van der Waals surface area (Å²) in [6, 6.07) is 0. The highest BCUT2D eigenvalue weighted by molar-refractivity contribution is 7.61. The van der Waals surface area contributed by atoms with Crippen LogP contribution in [-0.4, -0.2) is 14.7 Å². The lowest BCUT2D eigenvalue weighted by Gasteiger charge is -1.95. The van der Waals surface area contributed by atoms with Gasteiger partial charge in [0.1, 0.15) is 5.82 Å². The number of hydrogen-bond acceptors (Lipinski definition) is 3. The van der Waals surface area contributed by atoms with Gasteiger partial charge in [0.2, 0.25) is 0 Å². The summed E-state index contributed by atoms with van der Waals surface area (Å²) in [4.78, 5) is 25.7. The Labute approximate surface area is 74.3 Å². The molecule has 0 aromatic carbocycles. The Hall–Kier alpha value is 0.0500. The first kappa shape index (κ1) is 12.0. The Morgan fingerprint density at radius 3 is 2.25 bits per heavy atom. The molecule has 0 amide bonds. The Kier molecular flexibility index (Phi) is 6.58. The second kappa shape index (κ2) is 6.55. The molecule has 0 aromatic rings. The fourth-order valence-corrected chi connectivity index (χ4v) is 1.34. The molecule has 3 nitrogen and oxygen atoms in total. The van der Waals surface area contributed by atoms with Gasteiger partial charge in [-0.15, -0.1) is 0 Å². The summed E-state index contributed by atoms with van der Waals surface area (Å²) in [6.45, 7) is 2.14. The molecular formula is C8H18O3P+. The van der Waals surface area contributed by atoms with E-state index in [0.717, 1.165) is 25.1 Å². The van der Waals surface area contributed by atoms with E-state index in [9.17, 15) is 0 Å². The predicted molar refractivity (Wildman–Crippen MR) is 51.5 cm³/mol. The number of unbranched alkanes of at least 4 members (excludes halogenated alkanes) is 4. The van der Waals surface area contributed by atoms with E-state index in [-0.39, 0.29) is 0 Å². The largest absolute Gasteiger partial charge is 0.433 e. The normalized spacial score (nSPS) is 12.7. The van der Waals surface area contributed by atoms with Crippen LogP contribution in [-0.2, 0) is 0 Å².